The van der Waals surface area contributed by atoms with Crippen LogP contribution in [-0.4, -0.2) is 41.8 Å². The number of ketones is 1. The largest absolute Gasteiger partial charge is 0.295 e. The van der Waals surface area contributed by atoms with E-state index < -0.39 is 0 Å². The summed E-state index contributed by atoms with van der Waals surface area (Å²) in [6, 6.07) is 8.42. The van der Waals surface area contributed by atoms with E-state index in [2.05, 4.69) is 30.1 Å². The summed E-state index contributed by atoms with van der Waals surface area (Å²) < 4.78 is 0. The molecule has 1 heterocycles. The summed E-state index contributed by atoms with van der Waals surface area (Å²) >= 11 is 1.89. The third-order valence-electron chi connectivity index (χ3n) is 4.45. The Morgan fingerprint density at radius 1 is 1.37 bits per heavy atom. The number of likely N-dealkylation sites (N-methyl/N-ethyl adjacent to an activating group) is 1. The van der Waals surface area contributed by atoms with Crippen LogP contribution in [0.5, 0.6) is 0 Å². The van der Waals surface area contributed by atoms with Crippen LogP contribution < -0.4 is 0 Å². The van der Waals surface area contributed by atoms with Crippen molar-refractivity contribution in [1.29, 1.82) is 0 Å². The van der Waals surface area contributed by atoms with Crippen LogP contribution in [0, 0.1) is 0 Å². The molecule has 102 valence electrons. The van der Waals surface area contributed by atoms with E-state index in [1.54, 1.807) is 0 Å². The summed E-state index contributed by atoms with van der Waals surface area (Å²) in [5.74, 6) is 3.08. The molecule has 2 fully saturated rings. The zero-order chi connectivity index (χ0) is 13.2. The van der Waals surface area contributed by atoms with Gasteiger partial charge in [0.05, 0.1) is 6.04 Å². The number of thioether (sulfide) groups is 1. The van der Waals surface area contributed by atoms with Crippen LogP contribution in [0.25, 0.3) is 0 Å². The minimum atomic E-state index is 0.0652. The number of hydrogen-bond acceptors (Lipinski definition) is 3. The second-order valence-electron chi connectivity index (χ2n) is 5.69. The zero-order valence-electron chi connectivity index (χ0n) is 11.5. The van der Waals surface area contributed by atoms with Crippen molar-refractivity contribution in [2.24, 2.45) is 0 Å². The molecule has 1 aliphatic heterocycles. The molecule has 1 aliphatic carbocycles. The minimum Gasteiger partial charge on any atom is -0.295 e. The Morgan fingerprint density at radius 3 is 2.89 bits per heavy atom. The molecule has 0 bridgehead atoms. The molecular formula is C16H21NOS. The molecule has 2 nitrogen and oxygen atoms in total. The van der Waals surface area contributed by atoms with Crippen LogP contribution in [0.2, 0.25) is 0 Å². The number of carbonyl (C=O) groups excluding carboxylic acids is 1. The van der Waals surface area contributed by atoms with Gasteiger partial charge >= 0.3 is 0 Å². The highest BCUT2D eigenvalue weighted by molar-refractivity contribution is 7.99. The first-order valence-electron chi connectivity index (χ1n) is 7.18. The van der Waals surface area contributed by atoms with Crippen LogP contribution >= 0.6 is 11.8 Å². The van der Waals surface area contributed by atoms with Gasteiger partial charge in [0, 0.05) is 23.6 Å². The van der Waals surface area contributed by atoms with Crippen LogP contribution in [0.15, 0.2) is 24.3 Å². The molecular weight excluding hydrogens is 254 g/mol. The average Bonchev–Trinajstić information content (AvgIpc) is 2.37. The van der Waals surface area contributed by atoms with Gasteiger partial charge in [0.2, 0.25) is 0 Å². The van der Waals surface area contributed by atoms with Crippen LogP contribution in [0.4, 0.5) is 0 Å². The minimum absolute atomic E-state index is 0.0652. The zero-order valence-corrected chi connectivity index (χ0v) is 12.3. The topological polar surface area (TPSA) is 20.3 Å². The molecule has 1 atom stereocenters. The third kappa shape index (κ3) is 2.72. The SMILES string of the molecule is CN1CCSCC1C(=O)c1cccc(C2CCC2)c1. The van der Waals surface area contributed by atoms with E-state index in [1.807, 2.05) is 17.8 Å². The first kappa shape index (κ1) is 13.2. The molecule has 0 amide bonds. The van der Waals surface area contributed by atoms with Gasteiger partial charge in [-0.3, -0.25) is 9.69 Å². The molecule has 1 unspecified atom stereocenters. The van der Waals surface area contributed by atoms with Crippen molar-refractivity contribution in [3.63, 3.8) is 0 Å². The third-order valence-corrected chi connectivity index (χ3v) is 5.47. The normalized spacial score (nSPS) is 25.0. The number of benzene rings is 1. The molecule has 3 heteroatoms. The Morgan fingerprint density at radius 2 is 2.21 bits per heavy atom. The fraction of sp³-hybridized carbons (Fsp3) is 0.562. The molecule has 0 N–H and O–H groups in total. The highest BCUT2D eigenvalue weighted by atomic mass is 32.2. The number of hydrogen-bond donors (Lipinski definition) is 0. The lowest BCUT2D eigenvalue weighted by atomic mass is 9.79. The lowest BCUT2D eigenvalue weighted by Crippen LogP contribution is -2.44. The van der Waals surface area contributed by atoms with Gasteiger partial charge in [0.25, 0.3) is 0 Å². The van der Waals surface area contributed by atoms with Gasteiger partial charge in [-0.1, -0.05) is 24.6 Å². The first-order chi connectivity index (χ1) is 9.25. The Bertz CT molecular complexity index is 470. The number of Topliss-reactive ketones (excluding diaryl/α,β-unsaturated/α-hetero) is 1. The van der Waals surface area contributed by atoms with Gasteiger partial charge in [0.1, 0.15) is 0 Å². The Labute approximate surface area is 119 Å². The fourth-order valence-electron chi connectivity index (χ4n) is 2.84. The van der Waals surface area contributed by atoms with E-state index in [9.17, 15) is 4.79 Å². The molecule has 3 rings (SSSR count). The Kier molecular flexibility index (Phi) is 3.94. The summed E-state index contributed by atoms with van der Waals surface area (Å²) in [6.45, 7) is 1.02. The Hall–Kier alpha value is -0.800. The van der Waals surface area contributed by atoms with Crippen molar-refractivity contribution in [3.05, 3.63) is 35.4 Å². The van der Waals surface area contributed by atoms with Crippen LogP contribution in [0.1, 0.15) is 41.1 Å². The molecule has 0 spiro atoms. The number of carbonyl (C=O) groups is 1. The standard InChI is InChI=1S/C16H21NOS/c1-17-8-9-19-11-15(17)16(18)14-7-3-6-13(10-14)12-4-2-5-12/h3,6-7,10,12,15H,2,4-5,8-9,11H2,1H3. The molecule has 19 heavy (non-hydrogen) atoms. The van der Waals surface area contributed by atoms with E-state index in [-0.39, 0.29) is 6.04 Å². The summed E-state index contributed by atoms with van der Waals surface area (Å²) in [5.41, 5.74) is 2.27. The molecule has 0 radical (unpaired) electrons. The molecule has 0 aromatic heterocycles. The Balaban J connectivity index is 1.78. The van der Waals surface area contributed by atoms with Gasteiger partial charge in [-0.2, -0.15) is 11.8 Å². The summed E-state index contributed by atoms with van der Waals surface area (Å²) in [7, 11) is 2.07. The molecule has 1 saturated heterocycles. The van der Waals surface area contributed by atoms with Gasteiger partial charge in [0.15, 0.2) is 5.78 Å². The van der Waals surface area contributed by atoms with Crippen molar-refractivity contribution in [1.82, 2.24) is 4.90 Å². The van der Waals surface area contributed by atoms with E-state index in [0.29, 0.717) is 11.7 Å². The highest BCUT2D eigenvalue weighted by Crippen LogP contribution is 2.36. The van der Waals surface area contributed by atoms with E-state index in [0.717, 1.165) is 23.6 Å². The van der Waals surface area contributed by atoms with Gasteiger partial charge in [-0.15, -0.1) is 0 Å². The molecule has 1 saturated carbocycles. The summed E-state index contributed by atoms with van der Waals surface area (Å²) in [4.78, 5) is 14.8. The number of rotatable bonds is 3. The van der Waals surface area contributed by atoms with Crippen LogP contribution in [-0.2, 0) is 0 Å². The summed E-state index contributed by atoms with van der Waals surface area (Å²) in [6.07, 6.45) is 3.92. The monoisotopic (exact) mass is 275 g/mol. The predicted octanol–water partition coefficient (Wildman–Crippen LogP) is 3.18. The van der Waals surface area contributed by atoms with Gasteiger partial charge in [-0.05, 0) is 37.4 Å². The van der Waals surface area contributed by atoms with Crippen LogP contribution in [0.3, 0.4) is 0 Å². The lowest BCUT2D eigenvalue weighted by Gasteiger charge is -2.31. The second kappa shape index (κ2) is 5.68. The molecule has 2 aliphatic rings. The van der Waals surface area contributed by atoms with E-state index in [1.165, 1.54) is 24.8 Å². The molecule has 1 aromatic rings. The lowest BCUT2D eigenvalue weighted by molar-refractivity contribution is 0.0874. The predicted molar refractivity (Wildman–Crippen MR) is 81.1 cm³/mol. The maximum absolute atomic E-state index is 12.6. The summed E-state index contributed by atoms with van der Waals surface area (Å²) in [5, 5.41) is 0. The smallest absolute Gasteiger partial charge is 0.180 e. The first-order valence-corrected chi connectivity index (χ1v) is 8.33. The quantitative estimate of drug-likeness (QED) is 0.790. The van der Waals surface area contributed by atoms with Crippen molar-refractivity contribution < 1.29 is 4.79 Å². The van der Waals surface area contributed by atoms with E-state index >= 15 is 0 Å². The maximum Gasteiger partial charge on any atom is 0.180 e. The maximum atomic E-state index is 12.6. The van der Waals surface area contributed by atoms with Crippen molar-refractivity contribution in [2.75, 3.05) is 25.1 Å². The number of nitrogens with zero attached hydrogens (tertiary/aromatic N) is 1. The average molecular weight is 275 g/mol. The second-order valence-corrected chi connectivity index (χ2v) is 6.84. The highest BCUT2D eigenvalue weighted by Gasteiger charge is 2.28. The molecule has 1 aromatic carbocycles. The van der Waals surface area contributed by atoms with Crippen molar-refractivity contribution in [3.8, 4) is 0 Å². The van der Waals surface area contributed by atoms with Crippen molar-refractivity contribution >= 4 is 17.5 Å². The van der Waals surface area contributed by atoms with E-state index in [4.69, 9.17) is 0 Å². The van der Waals surface area contributed by atoms with Gasteiger partial charge in [-0.25, -0.2) is 0 Å². The van der Waals surface area contributed by atoms with Crippen molar-refractivity contribution in [2.45, 2.75) is 31.2 Å². The fourth-order valence-corrected chi connectivity index (χ4v) is 4.06. The van der Waals surface area contributed by atoms with Gasteiger partial charge < -0.3 is 0 Å².